The lowest BCUT2D eigenvalue weighted by Crippen LogP contribution is -2.41. The Morgan fingerprint density at radius 1 is 1.47 bits per heavy atom. The van der Waals surface area contributed by atoms with Gasteiger partial charge in [-0.25, -0.2) is 8.78 Å². The maximum absolute atomic E-state index is 12.8. The van der Waals surface area contributed by atoms with Crippen LogP contribution >= 0.6 is 0 Å². The highest BCUT2D eigenvalue weighted by Crippen LogP contribution is 2.30. The zero-order valence-electron chi connectivity index (χ0n) is 9.51. The summed E-state index contributed by atoms with van der Waals surface area (Å²) in [5.74, 6) is 0. The monoisotopic (exact) mass is 217 g/mol. The van der Waals surface area contributed by atoms with Crippen molar-refractivity contribution in [2.24, 2.45) is 5.73 Å². The molecule has 0 saturated carbocycles. The van der Waals surface area contributed by atoms with Gasteiger partial charge in [-0.3, -0.25) is 4.68 Å². The number of aromatic nitrogens is 2. The van der Waals surface area contributed by atoms with Gasteiger partial charge in [0.15, 0.2) is 0 Å². The zero-order valence-corrected chi connectivity index (χ0v) is 9.51. The molecule has 0 amide bonds. The fourth-order valence-electron chi connectivity index (χ4n) is 1.89. The Balaban J connectivity index is 3.31. The number of nitrogens with zero attached hydrogens (tertiary/aromatic N) is 2. The molecule has 0 spiro atoms. The molecule has 1 unspecified atom stereocenters. The first kappa shape index (κ1) is 12.1. The Bertz CT molecular complexity index is 356. The molecule has 86 valence electrons. The second-order valence-electron chi connectivity index (χ2n) is 3.94. The minimum absolute atomic E-state index is 0.458. The first-order chi connectivity index (χ1) is 6.82. The van der Waals surface area contributed by atoms with E-state index in [9.17, 15) is 8.78 Å². The van der Waals surface area contributed by atoms with Gasteiger partial charge in [0.05, 0.1) is 5.69 Å². The van der Waals surface area contributed by atoms with Gasteiger partial charge in [0.25, 0.3) is 6.43 Å². The topological polar surface area (TPSA) is 43.8 Å². The van der Waals surface area contributed by atoms with Crippen LogP contribution in [0.5, 0.6) is 0 Å². The Morgan fingerprint density at radius 3 is 2.33 bits per heavy atom. The van der Waals surface area contributed by atoms with Crippen LogP contribution < -0.4 is 5.73 Å². The van der Waals surface area contributed by atoms with Gasteiger partial charge in [-0.1, -0.05) is 0 Å². The van der Waals surface area contributed by atoms with Crippen LogP contribution in [0.25, 0.3) is 0 Å². The van der Waals surface area contributed by atoms with Crippen molar-refractivity contribution in [3.8, 4) is 0 Å². The van der Waals surface area contributed by atoms with Crippen LogP contribution in [0.1, 0.15) is 30.8 Å². The summed E-state index contributed by atoms with van der Waals surface area (Å²) in [6.45, 7) is 7.40. The van der Waals surface area contributed by atoms with Crippen molar-refractivity contribution in [3.05, 3.63) is 17.0 Å². The number of hydrogen-bond donors (Lipinski definition) is 1. The maximum Gasteiger partial charge on any atom is 0.260 e. The molecule has 0 aliphatic heterocycles. The van der Waals surface area contributed by atoms with Gasteiger partial charge in [-0.2, -0.15) is 5.10 Å². The number of hydrogen-bond acceptors (Lipinski definition) is 2. The molecule has 1 aromatic heterocycles. The van der Waals surface area contributed by atoms with Crippen molar-refractivity contribution >= 4 is 0 Å². The SMILES string of the molecule is CCn1nc(C)c(C(C)(N)C(F)F)c1C. The van der Waals surface area contributed by atoms with E-state index in [0.717, 1.165) is 5.69 Å². The molecule has 0 aliphatic rings. The van der Waals surface area contributed by atoms with Crippen molar-refractivity contribution in [2.75, 3.05) is 0 Å². The van der Waals surface area contributed by atoms with Gasteiger partial charge < -0.3 is 5.73 Å². The van der Waals surface area contributed by atoms with Crippen LogP contribution in [0.3, 0.4) is 0 Å². The van der Waals surface area contributed by atoms with Crippen molar-refractivity contribution in [3.63, 3.8) is 0 Å². The minimum Gasteiger partial charge on any atom is -0.317 e. The minimum atomic E-state index is -2.59. The predicted octanol–water partition coefficient (Wildman–Crippen LogP) is 1.96. The van der Waals surface area contributed by atoms with Crippen molar-refractivity contribution in [1.82, 2.24) is 9.78 Å². The molecule has 0 saturated heterocycles. The summed E-state index contributed by atoms with van der Waals surface area (Å²) >= 11 is 0. The number of alkyl halides is 2. The molecular weight excluding hydrogens is 200 g/mol. The Labute approximate surface area is 88.3 Å². The fraction of sp³-hybridized carbons (Fsp3) is 0.700. The Hall–Kier alpha value is -0.970. The molecule has 0 bridgehead atoms. The van der Waals surface area contributed by atoms with E-state index in [4.69, 9.17) is 5.73 Å². The molecule has 1 atom stereocenters. The van der Waals surface area contributed by atoms with Crippen LogP contribution in [-0.4, -0.2) is 16.2 Å². The van der Waals surface area contributed by atoms with Crippen LogP contribution in [0, 0.1) is 13.8 Å². The van der Waals surface area contributed by atoms with Crippen molar-refractivity contribution in [1.29, 1.82) is 0 Å². The summed E-state index contributed by atoms with van der Waals surface area (Å²) in [4.78, 5) is 0. The van der Waals surface area contributed by atoms with E-state index in [1.165, 1.54) is 6.92 Å². The van der Waals surface area contributed by atoms with Crippen LogP contribution in [-0.2, 0) is 12.1 Å². The standard InChI is InChI=1S/C10H17F2N3/c1-5-15-7(3)8(6(2)14-15)10(4,13)9(11)12/h9H,5,13H2,1-4H3. The van der Waals surface area contributed by atoms with Gasteiger partial charge in [-0.05, 0) is 27.7 Å². The lowest BCUT2D eigenvalue weighted by atomic mass is 9.92. The number of halogens is 2. The smallest absolute Gasteiger partial charge is 0.260 e. The summed E-state index contributed by atoms with van der Waals surface area (Å²) in [5, 5.41) is 4.18. The van der Waals surface area contributed by atoms with Gasteiger partial charge in [0, 0.05) is 17.8 Å². The van der Waals surface area contributed by atoms with E-state index < -0.39 is 12.0 Å². The third kappa shape index (κ3) is 1.88. The number of rotatable bonds is 3. The van der Waals surface area contributed by atoms with Gasteiger partial charge >= 0.3 is 0 Å². The van der Waals surface area contributed by atoms with Crippen LogP contribution in [0.15, 0.2) is 0 Å². The highest BCUT2D eigenvalue weighted by atomic mass is 19.3. The number of aryl methyl sites for hydroxylation is 2. The molecular formula is C10H17F2N3. The number of nitrogens with two attached hydrogens (primary N) is 1. The first-order valence-electron chi connectivity index (χ1n) is 4.93. The molecule has 5 heteroatoms. The lowest BCUT2D eigenvalue weighted by Gasteiger charge is -2.24. The normalized spacial score (nSPS) is 15.7. The average molecular weight is 217 g/mol. The zero-order chi connectivity index (χ0) is 11.8. The summed E-state index contributed by atoms with van der Waals surface area (Å²) in [7, 11) is 0. The molecule has 0 aromatic carbocycles. The van der Waals surface area contributed by atoms with E-state index in [1.54, 1.807) is 18.5 Å². The van der Waals surface area contributed by atoms with Crippen molar-refractivity contribution < 1.29 is 8.78 Å². The second-order valence-corrected chi connectivity index (χ2v) is 3.94. The summed E-state index contributed by atoms with van der Waals surface area (Å²) in [6.07, 6.45) is -2.59. The quantitative estimate of drug-likeness (QED) is 0.841. The lowest BCUT2D eigenvalue weighted by molar-refractivity contribution is 0.0617. The molecule has 0 radical (unpaired) electrons. The van der Waals surface area contributed by atoms with E-state index in [-0.39, 0.29) is 0 Å². The molecule has 2 N–H and O–H groups in total. The predicted molar refractivity (Wildman–Crippen MR) is 54.9 cm³/mol. The average Bonchev–Trinajstić information content (AvgIpc) is 2.41. The molecule has 1 heterocycles. The summed E-state index contributed by atoms with van der Waals surface area (Å²) in [5.41, 5.74) is 5.79. The molecule has 1 aromatic rings. The van der Waals surface area contributed by atoms with E-state index in [2.05, 4.69) is 5.10 Å². The van der Waals surface area contributed by atoms with E-state index in [1.807, 2.05) is 6.92 Å². The Morgan fingerprint density at radius 2 is 2.00 bits per heavy atom. The highest BCUT2D eigenvalue weighted by Gasteiger charge is 2.37. The third-order valence-corrected chi connectivity index (χ3v) is 2.67. The summed E-state index contributed by atoms with van der Waals surface area (Å²) in [6, 6.07) is 0. The Kier molecular flexibility index (Phi) is 3.13. The van der Waals surface area contributed by atoms with E-state index in [0.29, 0.717) is 17.8 Å². The second kappa shape index (κ2) is 3.89. The molecule has 15 heavy (non-hydrogen) atoms. The molecule has 0 aliphatic carbocycles. The van der Waals surface area contributed by atoms with E-state index >= 15 is 0 Å². The largest absolute Gasteiger partial charge is 0.317 e. The first-order valence-corrected chi connectivity index (χ1v) is 4.93. The fourth-order valence-corrected chi connectivity index (χ4v) is 1.89. The van der Waals surface area contributed by atoms with Crippen LogP contribution in [0.4, 0.5) is 8.78 Å². The van der Waals surface area contributed by atoms with Crippen LogP contribution in [0.2, 0.25) is 0 Å². The van der Waals surface area contributed by atoms with Gasteiger partial charge in [0.2, 0.25) is 0 Å². The summed E-state index contributed by atoms with van der Waals surface area (Å²) < 4.78 is 27.3. The molecule has 3 nitrogen and oxygen atoms in total. The molecule has 0 fully saturated rings. The molecule has 1 rings (SSSR count). The van der Waals surface area contributed by atoms with Gasteiger partial charge in [-0.15, -0.1) is 0 Å². The highest BCUT2D eigenvalue weighted by molar-refractivity contribution is 5.32. The maximum atomic E-state index is 12.8. The van der Waals surface area contributed by atoms with Gasteiger partial charge in [0.1, 0.15) is 5.54 Å². The van der Waals surface area contributed by atoms with Crippen molar-refractivity contribution in [2.45, 2.75) is 46.2 Å². The third-order valence-electron chi connectivity index (χ3n) is 2.67.